The molecule has 2 aromatic carbocycles. The van der Waals surface area contributed by atoms with Crippen LogP contribution >= 0.6 is 0 Å². The molecule has 2 aliphatic heterocycles. The molecule has 0 bridgehead atoms. The number of amides is 4. The van der Waals surface area contributed by atoms with E-state index < -0.39 is 27.7 Å². The van der Waals surface area contributed by atoms with E-state index in [1.807, 2.05) is 4.90 Å². The van der Waals surface area contributed by atoms with Gasteiger partial charge in [0.15, 0.2) is 9.84 Å². The molecule has 0 aliphatic carbocycles. The number of hydrogen-bond acceptors (Lipinski definition) is 7. The number of benzene rings is 2. The van der Waals surface area contributed by atoms with Gasteiger partial charge in [-0.25, -0.2) is 8.42 Å². The van der Waals surface area contributed by atoms with Crippen LogP contribution in [0.15, 0.2) is 47.4 Å². The number of hydrogen-bond donors (Lipinski definition) is 2. The van der Waals surface area contributed by atoms with Crippen molar-refractivity contribution in [2.24, 2.45) is 0 Å². The molecule has 0 aromatic heterocycles. The van der Waals surface area contributed by atoms with Crippen molar-refractivity contribution >= 4 is 33.5 Å². The summed E-state index contributed by atoms with van der Waals surface area (Å²) in [6, 6.07) is 10.0. The lowest BCUT2D eigenvalue weighted by Gasteiger charge is -2.29. The number of fused-ring (bicyclic) bond motifs is 1. The van der Waals surface area contributed by atoms with E-state index in [1.54, 1.807) is 18.2 Å². The Labute approximate surface area is 184 Å². The highest BCUT2D eigenvalue weighted by molar-refractivity contribution is 7.90. The quantitative estimate of drug-likeness (QED) is 0.652. The lowest BCUT2D eigenvalue weighted by atomic mass is 10.0. The minimum Gasteiger partial charge on any atom is -0.295 e. The molecule has 1 atom stereocenters. The van der Waals surface area contributed by atoms with Crippen LogP contribution in [0.5, 0.6) is 0 Å². The Hall–Kier alpha value is -3.37. The van der Waals surface area contributed by atoms with Crippen LogP contribution in [-0.4, -0.2) is 49.2 Å². The fourth-order valence-corrected chi connectivity index (χ4v) is 4.54. The Kier molecular flexibility index (Phi) is 5.66. The van der Waals surface area contributed by atoms with E-state index in [9.17, 15) is 27.6 Å². The van der Waals surface area contributed by atoms with Gasteiger partial charge in [-0.1, -0.05) is 6.07 Å². The first-order chi connectivity index (χ1) is 15.1. The maximum absolute atomic E-state index is 12.6. The van der Waals surface area contributed by atoms with Crippen molar-refractivity contribution in [3.8, 4) is 0 Å². The third kappa shape index (κ3) is 4.46. The number of carbonyl (C=O) groups is 4. The van der Waals surface area contributed by atoms with E-state index in [2.05, 4.69) is 10.6 Å². The summed E-state index contributed by atoms with van der Waals surface area (Å²) in [5.74, 6) is -1.79. The third-order valence-electron chi connectivity index (χ3n) is 5.64. The highest BCUT2D eigenvalue weighted by Crippen LogP contribution is 2.28. The summed E-state index contributed by atoms with van der Waals surface area (Å²) < 4.78 is 23.1. The van der Waals surface area contributed by atoms with Gasteiger partial charge in [-0.2, -0.15) is 0 Å². The average molecular weight is 455 g/mol. The molecule has 1 unspecified atom stereocenters. The van der Waals surface area contributed by atoms with Gasteiger partial charge >= 0.3 is 0 Å². The van der Waals surface area contributed by atoms with Crippen molar-refractivity contribution in [3.63, 3.8) is 0 Å². The van der Waals surface area contributed by atoms with Crippen LogP contribution in [-0.2, 0) is 32.5 Å². The van der Waals surface area contributed by atoms with Crippen LogP contribution in [0.3, 0.4) is 0 Å². The van der Waals surface area contributed by atoms with E-state index in [-0.39, 0.29) is 22.3 Å². The summed E-state index contributed by atoms with van der Waals surface area (Å²) in [6.07, 6.45) is 1.82. The molecule has 0 saturated carbocycles. The lowest BCUT2D eigenvalue weighted by molar-refractivity contribution is -0.137. The van der Waals surface area contributed by atoms with Crippen molar-refractivity contribution in [3.05, 3.63) is 64.7 Å². The molecule has 4 amide bonds. The maximum atomic E-state index is 12.6. The zero-order valence-corrected chi connectivity index (χ0v) is 18.1. The predicted octanol–water partition coefficient (Wildman–Crippen LogP) is 0.781. The zero-order valence-electron chi connectivity index (χ0n) is 17.3. The number of carbonyl (C=O) groups excluding carboxylic acids is 4. The smallest absolute Gasteiger partial charge is 0.258 e. The number of piperidine rings is 1. The van der Waals surface area contributed by atoms with Gasteiger partial charge in [0.2, 0.25) is 11.8 Å². The van der Waals surface area contributed by atoms with Gasteiger partial charge in [0, 0.05) is 36.9 Å². The summed E-state index contributed by atoms with van der Waals surface area (Å²) >= 11 is 0. The van der Waals surface area contributed by atoms with E-state index in [4.69, 9.17) is 0 Å². The topological polar surface area (TPSA) is 130 Å². The second kappa shape index (κ2) is 8.29. The number of nitrogens with zero attached hydrogens (tertiary/aromatic N) is 1. The minimum atomic E-state index is -3.38. The molecular formula is C22H21N3O6S. The number of nitrogens with one attached hydrogen (secondary N) is 2. The molecule has 166 valence electrons. The average Bonchev–Trinajstić information content (AvgIpc) is 3.16. The highest BCUT2D eigenvalue weighted by atomic mass is 32.2. The number of rotatable bonds is 4. The van der Waals surface area contributed by atoms with Crippen LogP contribution < -0.4 is 10.6 Å². The maximum Gasteiger partial charge on any atom is 0.258 e. The fourth-order valence-electron chi connectivity index (χ4n) is 3.91. The molecule has 0 spiro atoms. The monoisotopic (exact) mass is 455 g/mol. The molecule has 9 nitrogen and oxygen atoms in total. The normalized spacial score (nSPS) is 18.7. The van der Waals surface area contributed by atoms with E-state index in [1.165, 1.54) is 24.3 Å². The van der Waals surface area contributed by atoms with Crippen molar-refractivity contribution in [2.45, 2.75) is 36.9 Å². The van der Waals surface area contributed by atoms with Crippen molar-refractivity contribution in [1.82, 2.24) is 15.5 Å². The Morgan fingerprint density at radius 1 is 0.969 bits per heavy atom. The van der Waals surface area contributed by atoms with E-state index in [0.717, 1.165) is 17.4 Å². The summed E-state index contributed by atoms with van der Waals surface area (Å²) in [7, 11) is -3.38. The Balaban J connectivity index is 1.43. The van der Waals surface area contributed by atoms with Gasteiger partial charge in [-0.3, -0.25) is 34.7 Å². The second-order valence-electron chi connectivity index (χ2n) is 7.94. The highest BCUT2D eigenvalue weighted by Gasteiger charge is 2.34. The van der Waals surface area contributed by atoms with Crippen LogP contribution in [0.1, 0.15) is 44.7 Å². The second-order valence-corrected chi connectivity index (χ2v) is 9.95. The summed E-state index contributed by atoms with van der Waals surface area (Å²) in [6.45, 7) is 0.999. The number of sulfone groups is 1. The van der Waals surface area contributed by atoms with Gasteiger partial charge in [0.25, 0.3) is 11.8 Å². The summed E-state index contributed by atoms with van der Waals surface area (Å²) in [5.41, 5.74) is 2.33. The van der Waals surface area contributed by atoms with Crippen molar-refractivity contribution in [2.75, 3.05) is 6.26 Å². The first-order valence-electron chi connectivity index (χ1n) is 9.97. The summed E-state index contributed by atoms with van der Waals surface area (Å²) in [4.78, 5) is 50.5. The first-order valence-corrected chi connectivity index (χ1v) is 11.9. The van der Waals surface area contributed by atoms with Gasteiger partial charge < -0.3 is 0 Å². The molecule has 4 rings (SSSR count). The SMILES string of the molecule is CS(=O)(=O)c1ccc(C(=O)NC(=O)c2ccc3c(c2)CN(C2CCC(=O)NC2=O)C3)cc1. The molecule has 2 heterocycles. The Morgan fingerprint density at radius 3 is 2.25 bits per heavy atom. The van der Waals surface area contributed by atoms with E-state index in [0.29, 0.717) is 31.5 Å². The Morgan fingerprint density at radius 2 is 1.59 bits per heavy atom. The molecule has 10 heteroatoms. The van der Waals surface area contributed by atoms with Gasteiger partial charge in [0.1, 0.15) is 0 Å². The van der Waals surface area contributed by atoms with Crippen LogP contribution in [0.25, 0.3) is 0 Å². The number of imide groups is 2. The van der Waals surface area contributed by atoms with Crippen LogP contribution in [0.4, 0.5) is 0 Å². The largest absolute Gasteiger partial charge is 0.295 e. The van der Waals surface area contributed by atoms with Crippen LogP contribution in [0, 0.1) is 0 Å². The van der Waals surface area contributed by atoms with E-state index >= 15 is 0 Å². The van der Waals surface area contributed by atoms with Gasteiger partial charge in [-0.15, -0.1) is 0 Å². The van der Waals surface area contributed by atoms with Gasteiger partial charge in [0.05, 0.1) is 10.9 Å². The molecular weight excluding hydrogens is 434 g/mol. The van der Waals surface area contributed by atoms with Gasteiger partial charge in [-0.05, 0) is 53.9 Å². The molecule has 1 saturated heterocycles. The molecule has 1 fully saturated rings. The lowest BCUT2D eigenvalue weighted by Crippen LogP contribution is -2.50. The molecule has 0 radical (unpaired) electrons. The molecule has 2 N–H and O–H groups in total. The predicted molar refractivity (Wildman–Crippen MR) is 113 cm³/mol. The Bertz CT molecular complexity index is 1240. The van der Waals surface area contributed by atoms with Crippen molar-refractivity contribution in [1.29, 1.82) is 0 Å². The third-order valence-corrected chi connectivity index (χ3v) is 6.77. The minimum absolute atomic E-state index is 0.0829. The fraction of sp³-hybridized carbons (Fsp3) is 0.273. The first kappa shape index (κ1) is 21.8. The summed E-state index contributed by atoms with van der Waals surface area (Å²) in [5, 5.41) is 4.66. The molecule has 32 heavy (non-hydrogen) atoms. The van der Waals surface area contributed by atoms with Crippen LogP contribution in [0.2, 0.25) is 0 Å². The standard InChI is InChI=1S/C22H21N3O6S/c1-32(30,31)17-6-4-13(5-7-17)20(27)24-21(28)14-2-3-15-11-25(12-16(15)10-14)18-8-9-19(26)23-22(18)29/h2-7,10,18H,8-9,11-12H2,1H3,(H,23,26,29)(H,24,27,28). The zero-order chi connectivity index (χ0) is 23.0. The molecule has 2 aromatic rings. The van der Waals surface area contributed by atoms with Crippen molar-refractivity contribution < 1.29 is 27.6 Å². The molecule has 2 aliphatic rings.